The molecule has 0 saturated carbocycles. The van der Waals surface area contributed by atoms with E-state index in [0.717, 1.165) is 21.5 Å². The van der Waals surface area contributed by atoms with Gasteiger partial charge >= 0.3 is 0 Å². The number of aromatic nitrogens is 3. The third-order valence-corrected chi connectivity index (χ3v) is 2.48. The van der Waals surface area contributed by atoms with Crippen LogP contribution >= 0.6 is 11.5 Å². The number of aryl methyl sites for hydroxylation is 2. The zero-order valence-corrected chi connectivity index (χ0v) is 7.14. The van der Waals surface area contributed by atoms with E-state index in [2.05, 4.69) is 14.6 Å². The molecule has 0 aromatic carbocycles. The van der Waals surface area contributed by atoms with Gasteiger partial charge in [0.1, 0.15) is 5.52 Å². The van der Waals surface area contributed by atoms with Crippen LogP contribution in [0, 0.1) is 13.8 Å². The third kappa shape index (κ3) is 0.903. The summed E-state index contributed by atoms with van der Waals surface area (Å²) in [5, 5.41) is 4.01. The highest BCUT2D eigenvalue weighted by atomic mass is 32.1. The lowest BCUT2D eigenvalue weighted by molar-refractivity contribution is 1.16. The molecule has 0 aliphatic heterocycles. The normalized spacial score (nSPS) is 10.7. The Hall–Kier alpha value is -1.03. The van der Waals surface area contributed by atoms with Crippen molar-refractivity contribution in [3.8, 4) is 0 Å². The first-order valence-corrected chi connectivity index (χ1v) is 4.10. The molecule has 0 spiro atoms. The predicted molar refractivity (Wildman–Crippen MR) is 44.7 cm³/mol. The summed E-state index contributed by atoms with van der Waals surface area (Å²) in [6, 6.07) is 0. The SMILES string of the molecule is Cc1cnc(C)c2snnc12. The monoisotopic (exact) mass is 165 g/mol. The van der Waals surface area contributed by atoms with Crippen molar-refractivity contribution in [1.29, 1.82) is 0 Å². The molecule has 0 radical (unpaired) electrons. The van der Waals surface area contributed by atoms with Crippen molar-refractivity contribution in [3.05, 3.63) is 17.5 Å². The lowest BCUT2D eigenvalue weighted by Gasteiger charge is -1.93. The molecule has 3 nitrogen and oxygen atoms in total. The van der Waals surface area contributed by atoms with Gasteiger partial charge in [-0.15, -0.1) is 5.10 Å². The van der Waals surface area contributed by atoms with Gasteiger partial charge in [-0.1, -0.05) is 4.49 Å². The van der Waals surface area contributed by atoms with Crippen molar-refractivity contribution in [3.63, 3.8) is 0 Å². The van der Waals surface area contributed by atoms with E-state index in [1.54, 1.807) is 0 Å². The minimum atomic E-state index is 0.988. The molecule has 2 aromatic rings. The van der Waals surface area contributed by atoms with Crippen LogP contribution in [0.25, 0.3) is 10.2 Å². The molecule has 0 saturated heterocycles. The number of hydrogen-bond acceptors (Lipinski definition) is 4. The van der Waals surface area contributed by atoms with E-state index in [1.807, 2.05) is 20.0 Å². The summed E-state index contributed by atoms with van der Waals surface area (Å²) in [5.41, 5.74) is 3.10. The van der Waals surface area contributed by atoms with E-state index in [4.69, 9.17) is 0 Å². The molecule has 2 rings (SSSR count). The van der Waals surface area contributed by atoms with Crippen molar-refractivity contribution in [2.24, 2.45) is 0 Å². The topological polar surface area (TPSA) is 38.7 Å². The maximum atomic E-state index is 4.21. The molecule has 0 aliphatic rings. The van der Waals surface area contributed by atoms with Gasteiger partial charge < -0.3 is 0 Å². The molecular weight excluding hydrogens is 158 g/mol. The molecular formula is C7H7N3S. The summed E-state index contributed by atoms with van der Waals surface area (Å²) < 4.78 is 4.98. The van der Waals surface area contributed by atoms with Crippen LogP contribution in [0.5, 0.6) is 0 Å². The lowest BCUT2D eigenvalue weighted by Crippen LogP contribution is -1.83. The Labute approximate surface area is 68.3 Å². The van der Waals surface area contributed by atoms with Gasteiger partial charge in [-0.2, -0.15) is 0 Å². The quantitative estimate of drug-likeness (QED) is 0.596. The minimum Gasteiger partial charge on any atom is -0.260 e. The van der Waals surface area contributed by atoms with Gasteiger partial charge in [0.15, 0.2) is 0 Å². The zero-order chi connectivity index (χ0) is 7.84. The average molecular weight is 165 g/mol. The van der Waals surface area contributed by atoms with Crippen molar-refractivity contribution in [2.45, 2.75) is 13.8 Å². The van der Waals surface area contributed by atoms with Gasteiger partial charge in [0.2, 0.25) is 0 Å². The van der Waals surface area contributed by atoms with Crippen LogP contribution in [0.15, 0.2) is 6.20 Å². The van der Waals surface area contributed by atoms with Crippen LogP contribution in [-0.4, -0.2) is 14.6 Å². The average Bonchev–Trinajstić information content (AvgIpc) is 2.45. The fourth-order valence-electron chi connectivity index (χ4n) is 0.999. The molecule has 0 N–H and O–H groups in total. The van der Waals surface area contributed by atoms with Crippen LogP contribution in [0.3, 0.4) is 0 Å². The fraction of sp³-hybridized carbons (Fsp3) is 0.286. The molecule has 2 heterocycles. The molecule has 0 amide bonds. The first kappa shape index (κ1) is 6.67. The smallest absolute Gasteiger partial charge is 0.112 e. The Kier molecular flexibility index (Phi) is 1.35. The molecule has 0 aliphatic carbocycles. The Bertz CT molecular complexity index is 357. The van der Waals surface area contributed by atoms with Gasteiger partial charge in [0.05, 0.1) is 10.4 Å². The first-order chi connectivity index (χ1) is 5.29. The van der Waals surface area contributed by atoms with Crippen molar-refractivity contribution < 1.29 is 0 Å². The second-order valence-corrected chi connectivity index (χ2v) is 3.23. The maximum Gasteiger partial charge on any atom is 0.112 e. The summed E-state index contributed by atoms with van der Waals surface area (Å²) >= 11 is 1.40. The minimum absolute atomic E-state index is 0.988. The highest BCUT2D eigenvalue weighted by Crippen LogP contribution is 2.20. The Morgan fingerprint density at radius 3 is 2.91 bits per heavy atom. The molecule has 0 fully saturated rings. The second-order valence-electron chi connectivity index (χ2n) is 2.48. The summed E-state index contributed by atoms with van der Waals surface area (Å²) in [5.74, 6) is 0. The van der Waals surface area contributed by atoms with E-state index in [1.165, 1.54) is 11.5 Å². The molecule has 11 heavy (non-hydrogen) atoms. The molecule has 0 unspecified atom stereocenters. The predicted octanol–water partition coefficient (Wildman–Crippen LogP) is 1.70. The van der Waals surface area contributed by atoms with Crippen molar-refractivity contribution >= 4 is 21.7 Å². The number of nitrogens with zero attached hydrogens (tertiary/aromatic N) is 3. The van der Waals surface area contributed by atoms with Crippen LogP contribution in [-0.2, 0) is 0 Å². The molecule has 2 aromatic heterocycles. The van der Waals surface area contributed by atoms with Crippen molar-refractivity contribution in [2.75, 3.05) is 0 Å². The molecule has 4 heteroatoms. The number of pyridine rings is 1. The lowest BCUT2D eigenvalue weighted by atomic mass is 10.2. The second kappa shape index (κ2) is 2.23. The Morgan fingerprint density at radius 2 is 2.18 bits per heavy atom. The summed E-state index contributed by atoms with van der Waals surface area (Å²) in [4.78, 5) is 4.21. The van der Waals surface area contributed by atoms with E-state index < -0.39 is 0 Å². The van der Waals surface area contributed by atoms with E-state index in [0.29, 0.717) is 0 Å². The van der Waals surface area contributed by atoms with Gasteiger partial charge in [-0.25, -0.2) is 0 Å². The maximum absolute atomic E-state index is 4.21. The van der Waals surface area contributed by atoms with E-state index in [-0.39, 0.29) is 0 Å². The summed E-state index contributed by atoms with van der Waals surface area (Å²) in [6.07, 6.45) is 1.83. The van der Waals surface area contributed by atoms with E-state index >= 15 is 0 Å². The number of hydrogen-bond donors (Lipinski definition) is 0. The Morgan fingerprint density at radius 1 is 1.36 bits per heavy atom. The van der Waals surface area contributed by atoms with Crippen LogP contribution in [0.1, 0.15) is 11.3 Å². The highest BCUT2D eigenvalue weighted by Gasteiger charge is 2.04. The zero-order valence-electron chi connectivity index (χ0n) is 6.33. The fourth-order valence-corrected chi connectivity index (χ4v) is 1.68. The number of rotatable bonds is 0. The number of fused-ring (bicyclic) bond motifs is 1. The Balaban J connectivity index is 2.96. The van der Waals surface area contributed by atoms with Crippen molar-refractivity contribution in [1.82, 2.24) is 14.6 Å². The van der Waals surface area contributed by atoms with Crippen LogP contribution in [0.4, 0.5) is 0 Å². The van der Waals surface area contributed by atoms with Gasteiger partial charge in [0, 0.05) is 6.20 Å². The molecule has 0 atom stereocenters. The first-order valence-electron chi connectivity index (χ1n) is 3.33. The van der Waals surface area contributed by atoms with Gasteiger partial charge in [0.25, 0.3) is 0 Å². The summed E-state index contributed by atoms with van der Waals surface area (Å²) in [7, 11) is 0. The van der Waals surface area contributed by atoms with Crippen LogP contribution in [0.2, 0.25) is 0 Å². The molecule has 0 bridgehead atoms. The largest absolute Gasteiger partial charge is 0.260 e. The third-order valence-electron chi connectivity index (χ3n) is 1.64. The highest BCUT2D eigenvalue weighted by molar-refractivity contribution is 7.13. The van der Waals surface area contributed by atoms with Gasteiger partial charge in [-0.05, 0) is 30.9 Å². The summed E-state index contributed by atoms with van der Waals surface area (Å²) in [6.45, 7) is 3.97. The van der Waals surface area contributed by atoms with Crippen LogP contribution < -0.4 is 0 Å². The van der Waals surface area contributed by atoms with Gasteiger partial charge in [-0.3, -0.25) is 4.98 Å². The standard InChI is InChI=1S/C7H7N3S/c1-4-3-8-5(2)7-6(4)9-10-11-7/h3H,1-2H3. The van der Waals surface area contributed by atoms with E-state index in [9.17, 15) is 0 Å². The molecule has 56 valence electrons.